The summed E-state index contributed by atoms with van der Waals surface area (Å²) in [5.41, 5.74) is 14.1. The molecule has 0 atom stereocenters. The number of ketones is 3. The number of ether oxygens (including phenoxy) is 5. The van der Waals surface area contributed by atoms with Crippen LogP contribution in [-0.2, 0) is 58.8 Å². The van der Waals surface area contributed by atoms with Gasteiger partial charge in [0.05, 0.1) is 56.1 Å². The Labute approximate surface area is 864 Å². The number of benzene rings is 10. The minimum Gasteiger partial charge on any atom is -0.495 e. The maximum atomic E-state index is 13.3. The summed E-state index contributed by atoms with van der Waals surface area (Å²) in [5, 5.41) is 7.89. The molecule has 0 bridgehead atoms. The zero-order valence-electron chi connectivity index (χ0n) is 85.8. The van der Waals surface area contributed by atoms with E-state index in [2.05, 4.69) is 119 Å². The predicted molar refractivity (Wildman–Crippen MR) is 581 cm³/mol. The van der Waals surface area contributed by atoms with Crippen molar-refractivity contribution >= 4 is 78.5 Å². The number of halogens is 3. The fraction of sp³-hybridized carbons (Fsp3) is 0.405. The van der Waals surface area contributed by atoms with E-state index in [9.17, 15) is 28.0 Å². The van der Waals surface area contributed by atoms with Gasteiger partial charge in [-0.3, -0.25) is 38.8 Å². The van der Waals surface area contributed by atoms with Gasteiger partial charge >= 0.3 is 0 Å². The lowest BCUT2D eigenvalue weighted by Gasteiger charge is -2.34. The molecule has 6 aliphatic rings. The summed E-state index contributed by atoms with van der Waals surface area (Å²) in [4.78, 5) is 72.4. The molecular formula is C121H144ClF2N13O9. The first-order chi connectivity index (χ1) is 71.5. The number of piperazine rings is 1. The number of hydrogen-bond acceptors (Lipinski definition) is 17. The molecule has 4 aliphatic heterocycles. The molecule has 20 rings (SSSR count). The second-order valence-electron chi connectivity index (χ2n) is 39.9. The third kappa shape index (κ3) is 28.5. The molecule has 10 aromatic carbocycles. The Balaban J connectivity index is 0.000000133. The summed E-state index contributed by atoms with van der Waals surface area (Å²) in [6.45, 7) is 31.4. The maximum Gasteiger partial charge on any atom is 0.253 e. The van der Waals surface area contributed by atoms with E-state index < -0.39 is 0 Å². The number of Topliss-reactive ketones (excluding diaryl/α,β-unsaturated/α-hetero) is 3. The lowest BCUT2D eigenvalue weighted by atomic mass is 10.0. The number of fused-ring (bicyclic) bond motifs is 4. The van der Waals surface area contributed by atoms with E-state index in [1.165, 1.54) is 23.1 Å². The predicted octanol–water partition coefficient (Wildman–Crippen LogP) is 21.3. The van der Waals surface area contributed by atoms with Gasteiger partial charge in [0.25, 0.3) is 5.91 Å². The van der Waals surface area contributed by atoms with E-state index in [-0.39, 0.29) is 40.9 Å². The molecule has 0 radical (unpaired) electrons. The van der Waals surface area contributed by atoms with Gasteiger partial charge in [-0.05, 0) is 238 Å². The molecule has 146 heavy (non-hydrogen) atoms. The number of aromatic nitrogens is 4. The Hall–Kier alpha value is -12.3. The average Bonchev–Trinajstić information content (AvgIpc) is 1.63. The van der Waals surface area contributed by atoms with Gasteiger partial charge in [0.15, 0.2) is 17.3 Å². The van der Waals surface area contributed by atoms with Gasteiger partial charge in [0, 0.05) is 211 Å². The zero-order chi connectivity index (χ0) is 101. The second kappa shape index (κ2) is 52.3. The van der Waals surface area contributed by atoms with Gasteiger partial charge in [-0.1, -0.05) is 181 Å². The van der Waals surface area contributed by atoms with Crippen LogP contribution in [0.3, 0.4) is 0 Å². The molecule has 0 spiro atoms. The van der Waals surface area contributed by atoms with Crippen molar-refractivity contribution in [2.75, 3.05) is 172 Å². The number of nitrogens with zero attached hydrogens (tertiary/aromatic N) is 12. The van der Waals surface area contributed by atoms with E-state index in [4.69, 9.17) is 35.3 Å². The van der Waals surface area contributed by atoms with E-state index in [0.717, 1.165) is 358 Å². The van der Waals surface area contributed by atoms with E-state index in [1.807, 2.05) is 182 Å². The van der Waals surface area contributed by atoms with Gasteiger partial charge in [-0.25, -0.2) is 8.78 Å². The smallest absolute Gasteiger partial charge is 0.253 e. The third-order valence-electron chi connectivity index (χ3n) is 29.5. The van der Waals surface area contributed by atoms with E-state index in [0.29, 0.717) is 30.9 Å². The summed E-state index contributed by atoms with van der Waals surface area (Å²) in [7, 11) is 6.78. The Morgan fingerprint density at radius 2 is 0.692 bits per heavy atom. The van der Waals surface area contributed by atoms with Gasteiger partial charge in [0.1, 0.15) is 47.0 Å². The van der Waals surface area contributed by atoms with E-state index >= 15 is 0 Å². The second-order valence-corrected chi connectivity index (χ2v) is 40.3. The molecule has 2 aliphatic carbocycles. The maximum absolute atomic E-state index is 13.3. The van der Waals surface area contributed by atoms with Crippen LogP contribution in [0.4, 0.5) is 8.78 Å². The third-order valence-corrected chi connectivity index (χ3v) is 29.8. The van der Waals surface area contributed by atoms with Crippen molar-refractivity contribution in [1.82, 2.24) is 62.8 Å². The zero-order valence-corrected chi connectivity index (χ0v) is 86.5. The standard InChI is InChI=1S/C33H40N4O3.C32H36FN3O2.C28H34ClN3O2.C28H34FN3O2/c1-26-9-6-10-27(23-26)24-34-33(38)30-25-37(32-29(30)13-7-14-31(32)39-2)16-8-15-35-17-19-36(20-18-35)21-22-40-28-11-4-3-5-12-28;1-38-31-11-5-10-28-29(30(37)22-25-8-3-2-4-9-25)24-36(32(28)31)19-7-17-34-16-6-18-35(21-20-34)23-26-12-14-27(33)15-13-26;1-34-26-10-4-8-23-24(28(33)21-11-12-21)20-32(27(23)26)16-6-14-30-13-5-15-31(18-17-30)19-22-7-2-3-9-25(22)29;1-34-26-6-2-5-24-25(28(33)22-9-10-22)20-32(27(24)26)16-4-14-30-13-3-15-31(18-17-30)19-21-7-11-23(29)12-8-21/h3-7,9-14,23,25H,8,15-22,24H2,1-2H3,(H,34,38);2-5,8-15,24H,6-7,16-23H2,1H3;2-4,7-10,20-21H,5-6,11-19H2,1H3;2,5-8,11-12,20,22H,3-4,9-10,13-19H2,1H3. The van der Waals surface area contributed by atoms with Crippen LogP contribution in [0.1, 0.15) is 145 Å². The first kappa shape index (κ1) is 105. The molecule has 14 aromatic rings. The van der Waals surface area contributed by atoms with Crippen LogP contribution in [0.2, 0.25) is 5.02 Å². The molecule has 4 aromatic heterocycles. The van der Waals surface area contributed by atoms with Crippen LogP contribution < -0.4 is 29.0 Å². The van der Waals surface area contributed by atoms with Crippen LogP contribution >= 0.6 is 11.6 Å². The lowest BCUT2D eigenvalue weighted by molar-refractivity contribution is 0.0947. The topological polar surface area (TPSA) is 172 Å². The average molecular weight is 2000 g/mol. The van der Waals surface area contributed by atoms with Crippen molar-refractivity contribution in [3.8, 4) is 28.7 Å². The van der Waals surface area contributed by atoms with Crippen LogP contribution in [-0.4, -0.2) is 253 Å². The number of hydrogen-bond donors (Lipinski definition) is 1. The van der Waals surface area contributed by atoms with Crippen molar-refractivity contribution < 1.29 is 51.6 Å². The number of carbonyl (C=O) groups is 4. The fourth-order valence-electron chi connectivity index (χ4n) is 21.3. The van der Waals surface area contributed by atoms with Gasteiger partial charge in [-0.15, -0.1) is 0 Å². The van der Waals surface area contributed by atoms with Crippen molar-refractivity contribution in [2.24, 2.45) is 11.8 Å². The first-order valence-electron chi connectivity index (χ1n) is 52.8. The number of methoxy groups -OCH3 is 4. The first-order valence-corrected chi connectivity index (χ1v) is 53.2. The van der Waals surface area contributed by atoms with Crippen molar-refractivity contribution in [1.29, 1.82) is 0 Å². The highest BCUT2D eigenvalue weighted by molar-refractivity contribution is 6.31. The van der Waals surface area contributed by atoms with Gasteiger partial charge < -0.3 is 66.9 Å². The molecule has 6 fully saturated rings. The molecule has 1 N–H and O–H groups in total. The quantitative estimate of drug-likeness (QED) is 0.0359. The van der Waals surface area contributed by atoms with Crippen LogP contribution in [0.25, 0.3) is 43.6 Å². The number of para-hydroxylation sites is 5. The van der Waals surface area contributed by atoms with Crippen molar-refractivity contribution in [3.63, 3.8) is 0 Å². The molecule has 0 unspecified atom stereocenters. The normalized spacial score (nSPS) is 16.1. The van der Waals surface area contributed by atoms with Crippen molar-refractivity contribution in [2.45, 2.75) is 136 Å². The molecular weight excluding hydrogens is 1850 g/mol. The van der Waals surface area contributed by atoms with Crippen molar-refractivity contribution in [3.05, 3.63) is 328 Å². The summed E-state index contributed by atoms with van der Waals surface area (Å²) in [6.07, 6.45) is 20.1. The van der Waals surface area contributed by atoms with Gasteiger partial charge in [0.2, 0.25) is 0 Å². The van der Waals surface area contributed by atoms with E-state index in [1.54, 1.807) is 52.7 Å². The number of amides is 1. The summed E-state index contributed by atoms with van der Waals surface area (Å²) in [5.74, 6) is 4.91. The highest BCUT2D eigenvalue weighted by Gasteiger charge is 2.35. The van der Waals surface area contributed by atoms with Crippen LogP contribution in [0, 0.1) is 30.4 Å². The Bertz CT molecular complexity index is 6610. The largest absolute Gasteiger partial charge is 0.495 e. The van der Waals surface area contributed by atoms with Crippen LogP contribution in [0.5, 0.6) is 28.7 Å². The number of carbonyl (C=O) groups excluding carboxylic acids is 4. The minimum absolute atomic E-state index is 0.0640. The number of nitrogens with one attached hydrogen (secondary N) is 1. The molecule has 22 nitrogen and oxygen atoms in total. The molecule has 1 amide bonds. The lowest BCUT2D eigenvalue weighted by Crippen LogP contribution is -2.47. The number of rotatable bonds is 40. The summed E-state index contributed by atoms with van der Waals surface area (Å²) < 4.78 is 63.8. The molecule has 8 heterocycles. The monoisotopic (exact) mass is 2000 g/mol. The summed E-state index contributed by atoms with van der Waals surface area (Å²) >= 11 is 6.38. The fourth-order valence-corrected chi connectivity index (χ4v) is 21.5. The number of aryl methyl sites for hydroxylation is 5. The van der Waals surface area contributed by atoms with Crippen LogP contribution in [0.15, 0.2) is 255 Å². The SMILES string of the molecule is COc1cccc2c(C(=O)C3CC3)cn(CCCN3CCCN(Cc4ccc(F)cc4)CC3)c12.COc1cccc2c(C(=O)C3CC3)cn(CCCN3CCCN(Cc4ccccc4Cl)CC3)c12.COc1cccc2c(C(=O)Cc3ccccc3)cn(CCCN3CCCN(Cc4ccc(F)cc4)CC3)c12.COc1cccc2c(C(=O)NCc3cccc(C)c3)cn(CCCN3CCN(CCOc4ccccc4)CC3)c12. The Morgan fingerprint density at radius 3 is 1.11 bits per heavy atom. The molecule has 4 saturated heterocycles. The highest BCUT2D eigenvalue weighted by Crippen LogP contribution is 2.41. The minimum atomic E-state index is -0.184. The Morgan fingerprint density at radius 1 is 0.342 bits per heavy atom. The highest BCUT2D eigenvalue weighted by atomic mass is 35.5. The molecule has 768 valence electrons. The molecule has 2 saturated carbocycles. The summed E-state index contributed by atoms with van der Waals surface area (Å²) in [6, 6.07) is 73.9. The van der Waals surface area contributed by atoms with Gasteiger partial charge in [-0.2, -0.15) is 0 Å². The Kier molecular flexibility index (Phi) is 37.6. The molecule has 25 heteroatoms.